The zero-order chi connectivity index (χ0) is 15.9. The second-order valence-electron chi connectivity index (χ2n) is 6.20. The molecule has 1 rings (SSSR count). The van der Waals surface area contributed by atoms with Gasteiger partial charge in [-0.1, -0.05) is 0 Å². The summed E-state index contributed by atoms with van der Waals surface area (Å²) in [5.41, 5.74) is 5.13. The molecule has 1 saturated heterocycles. The van der Waals surface area contributed by atoms with Gasteiger partial charge in [-0.25, -0.2) is 4.79 Å². The number of carbonyl (C=O) groups is 1. The third kappa shape index (κ3) is 8.62. The quantitative estimate of drug-likeness (QED) is 0.304. The van der Waals surface area contributed by atoms with Gasteiger partial charge in [0.25, 0.3) is 0 Å². The fourth-order valence-corrected chi connectivity index (χ4v) is 2.08. The zero-order valence-electron chi connectivity index (χ0n) is 14.1. The normalized spacial score (nSPS) is 16.9. The van der Waals surface area contributed by atoms with Crippen molar-refractivity contribution in [2.24, 2.45) is 10.7 Å². The Morgan fingerprint density at radius 1 is 1.27 bits per heavy atom. The lowest BCUT2D eigenvalue weighted by atomic mass is 10.2. The molecule has 0 saturated carbocycles. The predicted molar refractivity (Wildman–Crippen MR) is 99.8 cm³/mol. The average molecular weight is 427 g/mol. The first-order valence-corrected chi connectivity index (χ1v) is 7.48. The molecule has 0 radical (unpaired) electrons. The standard InChI is InChI=1S/C14H29N5O2.HI/c1-14(2,3)21-13(20)19-10-8-18(9-11-19)7-5-6-17-12(15)16-4;/h5-11H2,1-4H3,(H3,15,16,17);1H. The van der Waals surface area contributed by atoms with E-state index in [2.05, 4.69) is 15.2 Å². The fraction of sp³-hybridized carbons (Fsp3) is 0.857. The van der Waals surface area contributed by atoms with Gasteiger partial charge < -0.3 is 20.7 Å². The molecule has 1 heterocycles. The van der Waals surface area contributed by atoms with Crippen molar-refractivity contribution in [3.63, 3.8) is 0 Å². The highest BCUT2D eigenvalue weighted by atomic mass is 127. The summed E-state index contributed by atoms with van der Waals surface area (Å²) in [5.74, 6) is 0.477. The molecule has 1 aliphatic heterocycles. The number of guanidine groups is 1. The van der Waals surface area contributed by atoms with Gasteiger partial charge in [-0.3, -0.25) is 9.89 Å². The van der Waals surface area contributed by atoms with E-state index in [0.29, 0.717) is 5.96 Å². The number of amides is 1. The fourth-order valence-electron chi connectivity index (χ4n) is 2.08. The van der Waals surface area contributed by atoms with E-state index in [1.165, 1.54) is 0 Å². The van der Waals surface area contributed by atoms with Crippen LogP contribution in [-0.4, -0.2) is 73.8 Å². The van der Waals surface area contributed by atoms with Crippen LogP contribution in [-0.2, 0) is 4.74 Å². The summed E-state index contributed by atoms with van der Waals surface area (Å²) in [6, 6.07) is 0. The van der Waals surface area contributed by atoms with Gasteiger partial charge in [0.05, 0.1) is 0 Å². The minimum Gasteiger partial charge on any atom is -0.444 e. The van der Waals surface area contributed by atoms with Crippen LogP contribution in [0.2, 0.25) is 0 Å². The highest BCUT2D eigenvalue weighted by Crippen LogP contribution is 2.11. The molecule has 0 bridgehead atoms. The Labute approximate surface area is 150 Å². The number of aliphatic imine (C=N–C) groups is 1. The van der Waals surface area contributed by atoms with Crippen LogP contribution in [0.25, 0.3) is 0 Å². The van der Waals surface area contributed by atoms with E-state index in [-0.39, 0.29) is 30.1 Å². The monoisotopic (exact) mass is 427 g/mol. The summed E-state index contributed by atoms with van der Waals surface area (Å²) in [5, 5.41) is 3.04. The molecule has 8 heteroatoms. The number of rotatable bonds is 4. The molecular weight excluding hydrogens is 397 g/mol. The lowest BCUT2D eigenvalue weighted by Gasteiger charge is -2.35. The molecule has 0 aromatic heterocycles. The number of hydrogen-bond acceptors (Lipinski definition) is 4. The smallest absolute Gasteiger partial charge is 0.410 e. The molecule has 0 atom stereocenters. The first-order chi connectivity index (χ1) is 9.81. The highest BCUT2D eigenvalue weighted by molar-refractivity contribution is 14.0. The van der Waals surface area contributed by atoms with Gasteiger partial charge >= 0.3 is 6.09 Å². The second-order valence-corrected chi connectivity index (χ2v) is 6.20. The van der Waals surface area contributed by atoms with E-state index < -0.39 is 5.60 Å². The zero-order valence-corrected chi connectivity index (χ0v) is 16.4. The van der Waals surface area contributed by atoms with E-state index in [4.69, 9.17) is 10.5 Å². The van der Waals surface area contributed by atoms with Gasteiger partial charge in [0.1, 0.15) is 5.60 Å². The van der Waals surface area contributed by atoms with Crippen LogP contribution in [0.4, 0.5) is 4.79 Å². The second kappa shape index (κ2) is 10.1. The summed E-state index contributed by atoms with van der Waals surface area (Å²) in [6.45, 7) is 10.7. The van der Waals surface area contributed by atoms with Gasteiger partial charge in [0.2, 0.25) is 0 Å². The molecule has 3 N–H and O–H groups in total. The summed E-state index contributed by atoms with van der Waals surface area (Å²) >= 11 is 0. The van der Waals surface area contributed by atoms with Gasteiger partial charge in [-0.15, -0.1) is 24.0 Å². The number of ether oxygens (including phenoxy) is 1. The van der Waals surface area contributed by atoms with Crippen LogP contribution < -0.4 is 11.1 Å². The van der Waals surface area contributed by atoms with Crippen LogP contribution in [0.1, 0.15) is 27.2 Å². The maximum atomic E-state index is 11.9. The van der Waals surface area contributed by atoms with Crippen LogP contribution in [0, 0.1) is 0 Å². The Morgan fingerprint density at radius 2 is 1.86 bits per heavy atom. The molecule has 0 spiro atoms. The average Bonchev–Trinajstić information content (AvgIpc) is 2.42. The number of nitrogens with two attached hydrogens (primary N) is 1. The van der Waals surface area contributed by atoms with E-state index in [1.54, 1.807) is 11.9 Å². The van der Waals surface area contributed by atoms with Gasteiger partial charge in [-0.05, 0) is 33.7 Å². The lowest BCUT2D eigenvalue weighted by molar-refractivity contribution is 0.0145. The maximum Gasteiger partial charge on any atom is 0.410 e. The third-order valence-electron chi connectivity index (χ3n) is 3.22. The van der Waals surface area contributed by atoms with Gasteiger partial charge in [0, 0.05) is 39.8 Å². The maximum absolute atomic E-state index is 11.9. The first kappa shape index (κ1) is 21.2. The van der Waals surface area contributed by atoms with Crippen LogP contribution in [0.15, 0.2) is 4.99 Å². The number of halogens is 1. The summed E-state index contributed by atoms with van der Waals surface area (Å²) in [7, 11) is 1.66. The summed E-state index contributed by atoms with van der Waals surface area (Å²) < 4.78 is 5.38. The van der Waals surface area contributed by atoms with Crippen molar-refractivity contribution < 1.29 is 9.53 Å². The van der Waals surface area contributed by atoms with Crippen molar-refractivity contribution in [2.45, 2.75) is 32.8 Å². The number of piperazine rings is 1. The molecule has 0 aromatic carbocycles. The molecule has 1 amide bonds. The molecule has 0 aromatic rings. The Morgan fingerprint density at radius 3 is 2.36 bits per heavy atom. The third-order valence-corrected chi connectivity index (χ3v) is 3.22. The number of hydrogen-bond donors (Lipinski definition) is 2. The van der Waals surface area contributed by atoms with E-state index in [9.17, 15) is 4.79 Å². The first-order valence-electron chi connectivity index (χ1n) is 7.48. The van der Waals surface area contributed by atoms with Crippen LogP contribution in [0.5, 0.6) is 0 Å². The molecule has 0 aliphatic carbocycles. The number of carbonyl (C=O) groups excluding carboxylic acids is 1. The van der Waals surface area contributed by atoms with Crippen molar-refractivity contribution in [1.82, 2.24) is 15.1 Å². The number of nitrogens with zero attached hydrogens (tertiary/aromatic N) is 3. The molecule has 1 aliphatic rings. The van der Waals surface area contributed by atoms with E-state index in [1.807, 2.05) is 20.8 Å². The highest BCUT2D eigenvalue weighted by Gasteiger charge is 2.25. The Balaban J connectivity index is 0.00000441. The largest absolute Gasteiger partial charge is 0.444 e. The summed E-state index contributed by atoms with van der Waals surface area (Å²) in [6.07, 6.45) is 0.790. The van der Waals surface area contributed by atoms with Crippen LogP contribution in [0.3, 0.4) is 0 Å². The van der Waals surface area contributed by atoms with Crippen molar-refractivity contribution >= 4 is 36.0 Å². The Hall–Kier alpha value is -0.770. The van der Waals surface area contributed by atoms with Crippen molar-refractivity contribution in [2.75, 3.05) is 46.3 Å². The Bertz CT molecular complexity index is 363. The minimum absolute atomic E-state index is 0. The molecule has 0 unspecified atom stereocenters. The molecular formula is C14H30IN5O2. The SMILES string of the molecule is CN=C(N)NCCCN1CCN(C(=O)OC(C)(C)C)CC1.I. The van der Waals surface area contributed by atoms with Crippen molar-refractivity contribution in [3.8, 4) is 0 Å². The van der Waals surface area contributed by atoms with Gasteiger partial charge in [-0.2, -0.15) is 0 Å². The lowest BCUT2D eigenvalue weighted by Crippen LogP contribution is -2.50. The molecule has 7 nitrogen and oxygen atoms in total. The van der Waals surface area contributed by atoms with E-state index in [0.717, 1.165) is 45.7 Å². The van der Waals surface area contributed by atoms with Crippen LogP contribution >= 0.6 is 24.0 Å². The molecule has 130 valence electrons. The number of nitrogens with one attached hydrogen (secondary N) is 1. The van der Waals surface area contributed by atoms with Gasteiger partial charge in [0.15, 0.2) is 5.96 Å². The Kier molecular flexibility index (Phi) is 9.74. The molecule has 1 fully saturated rings. The van der Waals surface area contributed by atoms with Crippen molar-refractivity contribution in [3.05, 3.63) is 0 Å². The molecule has 22 heavy (non-hydrogen) atoms. The topological polar surface area (TPSA) is 83.2 Å². The van der Waals surface area contributed by atoms with E-state index >= 15 is 0 Å². The summed E-state index contributed by atoms with van der Waals surface area (Å²) in [4.78, 5) is 19.9. The predicted octanol–water partition coefficient (Wildman–Crippen LogP) is 1.08. The van der Waals surface area contributed by atoms with Crippen molar-refractivity contribution in [1.29, 1.82) is 0 Å². The minimum atomic E-state index is -0.430.